The lowest BCUT2D eigenvalue weighted by Crippen LogP contribution is -2.61. The highest BCUT2D eigenvalue weighted by molar-refractivity contribution is 5.96. The van der Waals surface area contributed by atoms with Gasteiger partial charge in [-0.25, -0.2) is 0 Å². The number of phenolic OH excluding ortho intramolecular Hbond substituents is 2. The van der Waals surface area contributed by atoms with E-state index in [1.54, 1.807) is 0 Å². The zero-order valence-electron chi connectivity index (χ0n) is 21.7. The number of aliphatic hydroxyl groups is 6. The number of fused-ring (bicyclic) bond motifs is 2. The quantitative estimate of drug-likeness (QED) is 0.153. The molecule has 0 amide bonds. The lowest BCUT2D eigenvalue weighted by Gasteiger charge is -2.42. The number of ether oxygens (including phenoxy) is 5. The number of rotatable bonds is 6. The molecule has 2 aromatic carbocycles. The van der Waals surface area contributed by atoms with E-state index in [1.165, 1.54) is 32.2 Å². The van der Waals surface area contributed by atoms with E-state index in [9.17, 15) is 45.6 Å². The van der Waals surface area contributed by atoms with Crippen molar-refractivity contribution in [2.24, 2.45) is 0 Å². The van der Waals surface area contributed by atoms with Crippen LogP contribution in [0.4, 0.5) is 0 Å². The van der Waals surface area contributed by atoms with Gasteiger partial charge in [0.25, 0.3) is 0 Å². The minimum Gasteiger partial charge on any atom is -0.507 e. The predicted molar refractivity (Wildman–Crippen MR) is 135 cm³/mol. The van der Waals surface area contributed by atoms with Crippen molar-refractivity contribution in [3.8, 4) is 23.0 Å². The van der Waals surface area contributed by atoms with Gasteiger partial charge in [0.1, 0.15) is 87.7 Å². The van der Waals surface area contributed by atoms with Gasteiger partial charge in [0.2, 0.25) is 11.7 Å². The first-order chi connectivity index (χ1) is 19.4. The Labute approximate surface area is 230 Å². The summed E-state index contributed by atoms with van der Waals surface area (Å²) in [6, 6.07) is 4.83. The third kappa shape index (κ3) is 5.27. The first kappa shape index (κ1) is 29.2. The van der Waals surface area contributed by atoms with E-state index >= 15 is 0 Å². The second-order valence-electron chi connectivity index (χ2n) is 9.91. The number of hydrogen-bond acceptors (Lipinski definition) is 15. The summed E-state index contributed by atoms with van der Waals surface area (Å²) in [5, 5.41) is 81.7. The third-order valence-corrected chi connectivity index (χ3v) is 7.17. The van der Waals surface area contributed by atoms with Gasteiger partial charge in [-0.05, 0) is 6.92 Å². The minimum atomic E-state index is -1.78. The molecule has 224 valence electrons. The summed E-state index contributed by atoms with van der Waals surface area (Å²) >= 11 is 0. The van der Waals surface area contributed by atoms with E-state index in [0.717, 1.165) is 6.07 Å². The molecule has 15 heteroatoms. The van der Waals surface area contributed by atoms with Crippen molar-refractivity contribution in [1.29, 1.82) is 0 Å². The summed E-state index contributed by atoms with van der Waals surface area (Å²) in [5.74, 6) is -0.943. The average molecular weight is 583 g/mol. The number of methoxy groups -OCH3 is 1. The van der Waals surface area contributed by atoms with E-state index in [2.05, 4.69) is 0 Å². The van der Waals surface area contributed by atoms with Crippen molar-refractivity contribution in [2.45, 2.75) is 68.3 Å². The van der Waals surface area contributed by atoms with Crippen molar-refractivity contribution in [2.75, 3.05) is 13.7 Å². The molecule has 3 aromatic rings. The van der Waals surface area contributed by atoms with Gasteiger partial charge in [0.05, 0.1) is 19.8 Å². The Morgan fingerprint density at radius 2 is 1.29 bits per heavy atom. The number of benzene rings is 2. The molecule has 2 aliphatic heterocycles. The van der Waals surface area contributed by atoms with Gasteiger partial charge >= 0.3 is 0 Å². The van der Waals surface area contributed by atoms with Crippen LogP contribution in [0.2, 0.25) is 0 Å². The Morgan fingerprint density at radius 1 is 0.732 bits per heavy atom. The van der Waals surface area contributed by atoms with Gasteiger partial charge in [0.15, 0.2) is 6.29 Å². The van der Waals surface area contributed by atoms with Crippen LogP contribution in [0.25, 0.3) is 21.9 Å². The van der Waals surface area contributed by atoms with Crippen LogP contribution in [0.1, 0.15) is 6.92 Å². The Kier molecular flexibility index (Phi) is 7.99. The zero-order chi connectivity index (χ0) is 29.7. The van der Waals surface area contributed by atoms with E-state index in [0.29, 0.717) is 0 Å². The van der Waals surface area contributed by atoms with Gasteiger partial charge in [-0.15, -0.1) is 0 Å². The van der Waals surface area contributed by atoms with Crippen LogP contribution >= 0.6 is 0 Å². The van der Waals surface area contributed by atoms with Crippen LogP contribution in [0, 0.1) is 0 Å². The number of hydrogen-bond donors (Lipinski definition) is 8. The Morgan fingerprint density at radius 3 is 1.93 bits per heavy atom. The van der Waals surface area contributed by atoms with Gasteiger partial charge in [-0.1, -0.05) is 0 Å². The normalized spacial score (nSPS) is 34.1. The topological polar surface area (TPSA) is 238 Å². The van der Waals surface area contributed by atoms with E-state index in [1.807, 2.05) is 0 Å². The minimum absolute atomic E-state index is 0.0420. The second-order valence-corrected chi connectivity index (χ2v) is 9.91. The molecule has 3 heterocycles. The summed E-state index contributed by atoms with van der Waals surface area (Å²) in [6.45, 7) is 0.951. The van der Waals surface area contributed by atoms with Crippen LogP contribution in [0.3, 0.4) is 0 Å². The molecule has 2 saturated heterocycles. The number of aliphatic hydroxyl groups excluding tert-OH is 6. The molecule has 0 bridgehead atoms. The van der Waals surface area contributed by atoms with Gasteiger partial charge in [-0.3, -0.25) is 4.79 Å². The summed E-state index contributed by atoms with van der Waals surface area (Å²) < 4.78 is 32.8. The van der Waals surface area contributed by atoms with Gasteiger partial charge in [0, 0.05) is 24.3 Å². The maximum absolute atomic E-state index is 13.0. The molecule has 0 spiro atoms. The zero-order valence-corrected chi connectivity index (χ0v) is 21.7. The fourth-order valence-electron chi connectivity index (χ4n) is 4.83. The monoisotopic (exact) mass is 582 g/mol. The Balaban J connectivity index is 1.38. The fraction of sp³-hybridized carbons (Fsp3) is 0.500. The second kappa shape index (κ2) is 11.2. The summed E-state index contributed by atoms with van der Waals surface area (Å²) in [7, 11) is 1.36. The van der Waals surface area contributed by atoms with Crippen molar-refractivity contribution >= 4 is 21.9 Å². The van der Waals surface area contributed by atoms with E-state index < -0.39 is 84.9 Å². The molecule has 1 aromatic heterocycles. The summed E-state index contributed by atoms with van der Waals surface area (Å²) in [6.07, 6.45) is -15.0. The first-order valence-electron chi connectivity index (χ1n) is 12.6. The molecule has 10 atom stereocenters. The Hall–Kier alpha value is -3.25. The van der Waals surface area contributed by atoms with E-state index in [-0.39, 0.29) is 33.4 Å². The molecule has 41 heavy (non-hydrogen) atoms. The standard InChI is InChI=1S/C26H30O15/c1-8-18(29)21(32)23(34)25(38-8)37-7-15-19(30)22(33)24(35)26(41-15)39-10-4-12(28)17-14(6-10)40-13-5-9(36-2)3-11(27)16(13)20(17)31/h3-6,8,15,18-19,21-30,32-35H,7H2,1-2H3. The maximum Gasteiger partial charge on any atom is 0.229 e. The van der Waals surface area contributed by atoms with Crippen LogP contribution in [-0.4, -0.2) is 116 Å². The largest absolute Gasteiger partial charge is 0.507 e. The first-order valence-corrected chi connectivity index (χ1v) is 12.6. The maximum atomic E-state index is 13.0. The molecule has 2 fully saturated rings. The van der Waals surface area contributed by atoms with Crippen LogP contribution in [0.5, 0.6) is 23.0 Å². The van der Waals surface area contributed by atoms with Crippen LogP contribution in [-0.2, 0) is 14.2 Å². The van der Waals surface area contributed by atoms with Gasteiger partial charge < -0.3 is 69.0 Å². The highest BCUT2D eigenvalue weighted by Gasteiger charge is 2.47. The van der Waals surface area contributed by atoms with Gasteiger partial charge in [-0.2, -0.15) is 0 Å². The highest BCUT2D eigenvalue weighted by Crippen LogP contribution is 2.36. The molecule has 2 aliphatic rings. The molecule has 5 rings (SSSR count). The molecule has 0 aliphatic carbocycles. The molecule has 0 saturated carbocycles. The smallest absolute Gasteiger partial charge is 0.229 e. The molecule has 0 radical (unpaired) electrons. The van der Waals surface area contributed by atoms with Crippen molar-refractivity contribution in [3.05, 3.63) is 34.5 Å². The van der Waals surface area contributed by atoms with Crippen molar-refractivity contribution < 1.29 is 69.0 Å². The van der Waals surface area contributed by atoms with E-state index in [4.69, 9.17) is 28.1 Å². The number of aromatic hydroxyl groups is 2. The van der Waals surface area contributed by atoms with Crippen molar-refractivity contribution in [1.82, 2.24) is 0 Å². The predicted octanol–water partition coefficient (Wildman–Crippen LogP) is -1.60. The molecular weight excluding hydrogens is 552 g/mol. The number of phenols is 2. The van der Waals surface area contributed by atoms with Crippen molar-refractivity contribution in [3.63, 3.8) is 0 Å². The van der Waals surface area contributed by atoms with Crippen LogP contribution < -0.4 is 14.9 Å². The molecule has 15 nitrogen and oxygen atoms in total. The third-order valence-electron chi connectivity index (χ3n) is 7.17. The lowest BCUT2D eigenvalue weighted by molar-refractivity contribution is -0.318. The van der Waals surface area contributed by atoms with Crippen LogP contribution in [0.15, 0.2) is 33.5 Å². The average Bonchev–Trinajstić information content (AvgIpc) is 2.93. The SMILES string of the molecule is COc1cc(O)c2c(=O)c3c(O)cc(OC4OC(COC5OC(C)C(O)C(O)C5O)C(O)C(O)C4O)cc3oc2c1. The lowest BCUT2D eigenvalue weighted by atomic mass is 9.98. The Bertz CT molecular complexity index is 1470. The molecule has 10 unspecified atom stereocenters. The summed E-state index contributed by atoms with van der Waals surface area (Å²) in [4.78, 5) is 13.0. The molecular formula is C26H30O15. The highest BCUT2D eigenvalue weighted by atomic mass is 16.7. The fourth-order valence-corrected chi connectivity index (χ4v) is 4.83. The molecule has 8 N–H and O–H groups in total. The summed E-state index contributed by atoms with van der Waals surface area (Å²) in [5.41, 5.74) is -0.914.